The number of hydrogen-bond donors (Lipinski definition) is 1. The van der Waals surface area contributed by atoms with Crippen LogP contribution in [0.25, 0.3) is 0 Å². The molecule has 2 aromatic carbocycles. The molecule has 1 aliphatic rings. The summed E-state index contributed by atoms with van der Waals surface area (Å²) in [5.41, 5.74) is 2.80. The number of piperazine rings is 1. The van der Waals surface area contributed by atoms with Crippen LogP contribution in [0.5, 0.6) is 0 Å². The first-order valence-corrected chi connectivity index (χ1v) is 14.2. The van der Waals surface area contributed by atoms with Crippen LogP contribution in [0.15, 0.2) is 53.4 Å². The van der Waals surface area contributed by atoms with Crippen molar-refractivity contribution in [3.63, 3.8) is 0 Å². The van der Waals surface area contributed by atoms with E-state index in [4.69, 9.17) is 0 Å². The van der Waals surface area contributed by atoms with Crippen molar-refractivity contribution in [2.45, 2.75) is 30.6 Å². The molecule has 1 saturated heterocycles. The zero-order valence-electron chi connectivity index (χ0n) is 18.4. The molecule has 8 heteroatoms. The molecule has 1 atom stereocenters. The Kier molecular flexibility index (Phi) is 8.51. The summed E-state index contributed by atoms with van der Waals surface area (Å²) in [6.45, 7) is 5.48. The van der Waals surface area contributed by atoms with Crippen molar-refractivity contribution in [3.8, 4) is 0 Å². The molecule has 1 heterocycles. The second-order valence-electron chi connectivity index (χ2n) is 8.13. The van der Waals surface area contributed by atoms with Crippen molar-refractivity contribution in [1.82, 2.24) is 4.90 Å². The van der Waals surface area contributed by atoms with Gasteiger partial charge in [-0.2, -0.15) is 0 Å². The lowest BCUT2D eigenvalue weighted by Crippen LogP contribution is -2.46. The minimum atomic E-state index is -3.41. The molecule has 1 unspecified atom stereocenters. The van der Waals surface area contributed by atoms with Crippen LogP contribution in [0.1, 0.15) is 24.8 Å². The lowest BCUT2D eigenvalue weighted by molar-refractivity contribution is 0.252. The second-order valence-corrected chi connectivity index (χ2v) is 11.2. The number of anilines is 2. The van der Waals surface area contributed by atoms with Gasteiger partial charge in [0.05, 0.1) is 27.6 Å². The molecule has 0 spiro atoms. The van der Waals surface area contributed by atoms with Gasteiger partial charge in [-0.3, -0.25) is 13.8 Å². The van der Waals surface area contributed by atoms with Crippen LogP contribution < -0.4 is 9.62 Å². The molecule has 0 saturated carbocycles. The number of benzene rings is 2. The van der Waals surface area contributed by atoms with E-state index in [2.05, 4.69) is 44.9 Å². The fourth-order valence-corrected chi connectivity index (χ4v) is 5.28. The van der Waals surface area contributed by atoms with Gasteiger partial charge in [0.1, 0.15) is 0 Å². The first-order chi connectivity index (χ1) is 14.8. The number of unbranched alkanes of at least 4 members (excludes halogenated alkanes) is 2. The van der Waals surface area contributed by atoms with Crippen LogP contribution in [0.4, 0.5) is 11.4 Å². The smallest absolute Gasteiger partial charge is 0.229 e. The Hall–Kier alpha value is -1.90. The van der Waals surface area contributed by atoms with Gasteiger partial charge in [-0.05, 0) is 55.6 Å². The molecule has 0 aromatic heterocycles. The molecule has 1 aliphatic heterocycles. The van der Waals surface area contributed by atoms with Crippen molar-refractivity contribution in [2.75, 3.05) is 54.9 Å². The number of aryl methyl sites for hydroxylation is 1. The highest BCUT2D eigenvalue weighted by Gasteiger charge is 2.16. The number of para-hydroxylation sites is 1. The Bertz CT molecular complexity index is 973. The predicted molar refractivity (Wildman–Crippen MR) is 130 cm³/mol. The van der Waals surface area contributed by atoms with E-state index in [1.807, 2.05) is 12.1 Å². The van der Waals surface area contributed by atoms with Gasteiger partial charge >= 0.3 is 0 Å². The molecular formula is C23H33N3O3S2. The second kappa shape index (κ2) is 11.1. The summed E-state index contributed by atoms with van der Waals surface area (Å²) in [6, 6.07) is 16.1. The Labute approximate surface area is 189 Å². The van der Waals surface area contributed by atoms with Crippen molar-refractivity contribution in [2.24, 2.45) is 0 Å². The number of nitrogens with zero attached hydrogens (tertiary/aromatic N) is 2. The van der Waals surface area contributed by atoms with E-state index in [1.54, 1.807) is 12.3 Å². The number of nitrogens with one attached hydrogen (secondary N) is 1. The van der Waals surface area contributed by atoms with Gasteiger partial charge in [-0.25, -0.2) is 8.42 Å². The summed E-state index contributed by atoms with van der Waals surface area (Å²) in [5.74, 6) is 0. The van der Waals surface area contributed by atoms with Crippen LogP contribution in [-0.4, -0.2) is 62.8 Å². The molecule has 0 aliphatic carbocycles. The zero-order valence-corrected chi connectivity index (χ0v) is 20.1. The van der Waals surface area contributed by atoms with Crippen LogP contribution in [0, 0.1) is 0 Å². The summed E-state index contributed by atoms with van der Waals surface area (Å²) in [4.78, 5) is 5.51. The van der Waals surface area contributed by atoms with E-state index in [1.165, 1.54) is 5.69 Å². The van der Waals surface area contributed by atoms with Gasteiger partial charge < -0.3 is 4.90 Å². The SMILES string of the molecule is CS(=O)c1ccc(CCCCCN2CCN(c3ccccc3)CC2)cc1NS(C)(=O)=O. The molecule has 1 fully saturated rings. The maximum absolute atomic E-state index is 11.9. The third kappa shape index (κ3) is 7.63. The van der Waals surface area contributed by atoms with E-state index in [0.717, 1.165) is 70.2 Å². The standard InChI is InChI=1S/C23H33N3O3S2/c1-30(27)23-13-12-20(19-22(23)24-31(2,28)29)9-5-4-8-14-25-15-17-26(18-16-25)21-10-6-3-7-11-21/h3,6-7,10-13,19,24H,4-5,8-9,14-18H2,1-2H3. The fraction of sp³-hybridized carbons (Fsp3) is 0.478. The third-order valence-electron chi connectivity index (χ3n) is 5.58. The maximum Gasteiger partial charge on any atom is 0.229 e. The minimum Gasteiger partial charge on any atom is -0.369 e. The lowest BCUT2D eigenvalue weighted by atomic mass is 10.1. The molecule has 0 bridgehead atoms. The van der Waals surface area contributed by atoms with Crippen molar-refractivity contribution < 1.29 is 12.6 Å². The van der Waals surface area contributed by atoms with E-state index in [0.29, 0.717) is 10.6 Å². The molecule has 6 nitrogen and oxygen atoms in total. The van der Waals surface area contributed by atoms with Crippen molar-refractivity contribution in [1.29, 1.82) is 0 Å². The minimum absolute atomic E-state index is 0.428. The molecule has 31 heavy (non-hydrogen) atoms. The van der Waals surface area contributed by atoms with Gasteiger partial charge in [0.25, 0.3) is 0 Å². The highest BCUT2D eigenvalue weighted by atomic mass is 32.2. The van der Waals surface area contributed by atoms with Crippen LogP contribution in [-0.2, 0) is 27.2 Å². The van der Waals surface area contributed by atoms with E-state index < -0.39 is 20.8 Å². The molecular weight excluding hydrogens is 430 g/mol. The van der Waals surface area contributed by atoms with Gasteiger partial charge in [0, 0.05) is 38.1 Å². The monoisotopic (exact) mass is 463 g/mol. The van der Waals surface area contributed by atoms with Crippen molar-refractivity contribution >= 4 is 32.2 Å². The summed E-state index contributed by atoms with van der Waals surface area (Å²) >= 11 is 0. The van der Waals surface area contributed by atoms with Crippen LogP contribution >= 0.6 is 0 Å². The Morgan fingerprint density at radius 1 is 0.968 bits per heavy atom. The molecule has 0 amide bonds. The Morgan fingerprint density at radius 2 is 1.68 bits per heavy atom. The average molecular weight is 464 g/mol. The van der Waals surface area contributed by atoms with Crippen molar-refractivity contribution in [3.05, 3.63) is 54.1 Å². The first kappa shape index (κ1) is 23.8. The maximum atomic E-state index is 11.9. The van der Waals surface area contributed by atoms with Gasteiger partial charge in [0.15, 0.2) is 0 Å². The van der Waals surface area contributed by atoms with Crippen LogP contribution in [0.2, 0.25) is 0 Å². The van der Waals surface area contributed by atoms with Gasteiger partial charge in [0.2, 0.25) is 10.0 Å². The van der Waals surface area contributed by atoms with E-state index in [9.17, 15) is 12.6 Å². The number of hydrogen-bond acceptors (Lipinski definition) is 5. The Balaban J connectivity index is 1.40. The van der Waals surface area contributed by atoms with Gasteiger partial charge in [-0.1, -0.05) is 30.7 Å². The fourth-order valence-electron chi connectivity index (χ4n) is 3.97. The molecule has 1 N–H and O–H groups in total. The van der Waals surface area contributed by atoms with E-state index in [-0.39, 0.29) is 0 Å². The zero-order chi connectivity index (χ0) is 22.3. The summed E-state index contributed by atoms with van der Waals surface area (Å²) < 4.78 is 37.6. The average Bonchev–Trinajstić information content (AvgIpc) is 2.73. The topological polar surface area (TPSA) is 69.7 Å². The summed E-state index contributed by atoms with van der Waals surface area (Å²) in [5, 5.41) is 0. The summed E-state index contributed by atoms with van der Waals surface area (Å²) in [6.07, 6.45) is 6.91. The predicted octanol–water partition coefficient (Wildman–Crippen LogP) is 3.33. The van der Waals surface area contributed by atoms with E-state index >= 15 is 0 Å². The molecule has 2 aromatic rings. The quantitative estimate of drug-likeness (QED) is 0.548. The van der Waals surface area contributed by atoms with Gasteiger partial charge in [-0.15, -0.1) is 0 Å². The lowest BCUT2D eigenvalue weighted by Gasteiger charge is -2.36. The normalized spacial score (nSPS) is 16.3. The number of rotatable bonds is 10. The Morgan fingerprint density at radius 3 is 2.32 bits per heavy atom. The molecule has 170 valence electrons. The third-order valence-corrected chi connectivity index (χ3v) is 7.15. The highest BCUT2D eigenvalue weighted by Crippen LogP contribution is 2.23. The first-order valence-electron chi connectivity index (χ1n) is 10.8. The van der Waals surface area contributed by atoms with Crippen LogP contribution in [0.3, 0.4) is 0 Å². The largest absolute Gasteiger partial charge is 0.369 e. The molecule has 3 rings (SSSR count). The summed E-state index contributed by atoms with van der Waals surface area (Å²) in [7, 11) is -4.65. The highest BCUT2D eigenvalue weighted by molar-refractivity contribution is 7.92. The molecule has 0 radical (unpaired) electrons. The number of sulfonamides is 1.